The van der Waals surface area contributed by atoms with Gasteiger partial charge in [0.15, 0.2) is 0 Å². The fourth-order valence-corrected chi connectivity index (χ4v) is 5.59. The smallest absolute Gasteiger partial charge is 0.253 e. The summed E-state index contributed by atoms with van der Waals surface area (Å²) < 4.78 is 0. The predicted molar refractivity (Wildman–Crippen MR) is 163 cm³/mol. The van der Waals surface area contributed by atoms with E-state index in [0.29, 0.717) is 18.0 Å². The maximum Gasteiger partial charge on any atom is 0.253 e. The van der Waals surface area contributed by atoms with Gasteiger partial charge in [-0.05, 0) is 48.1 Å². The summed E-state index contributed by atoms with van der Waals surface area (Å²) in [6.45, 7) is 0.323. The van der Waals surface area contributed by atoms with E-state index >= 15 is 0 Å². The van der Waals surface area contributed by atoms with E-state index in [1.54, 1.807) is 4.90 Å². The van der Waals surface area contributed by atoms with Gasteiger partial charge in [0.05, 0.1) is 23.7 Å². The average Bonchev–Trinajstić information content (AvgIpc) is 3.87. The molecule has 0 saturated heterocycles. The molecule has 0 radical (unpaired) electrons. The Morgan fingerprint density at radius 2 is 1.41 bits per heavy atom. The van der Waals surface area contributed by atoms with E-state index in [0.717, 1.165) is 51.7 Å². The van der Waals surface area contributed by atoms with Crippen molar-refractivity contribution in [3.8, 4) is 11.3 Å². The molecule has 5 aromatic rings. The molecule has 1 aliphatic carbocycles. The van der Waals surface area contributed by atoms with Gasteiger partial charge in [0, 0.05) is 35.7 Å². The van der Waals surface area contributed by atoms with E-state index in [9.17, 15) is 9.59 Å². The van der Waals surface area contributed by atoms with Crippen LogP contribution in [0.5, 0.6) is 0 Å². The van der Waals surface area contributed by atoms with Gasteiger partial charge in [-0.2, -0.15) is 0 Å². The Morgan fingerprint density at radius 3 is 2.10 bits per heavy atom. The summed E-state index contributed by atoms with van der Waals surface area (Å²) >= 11 is 0. The second-order valence-electron chi connectivity index (χ2n) is 10.8. The van der Waals surface area contributed by atoms with E-state index in [-0.39, 0.29) is 24.3 Å². The largest absolute Gasteiger partial charge is 0.349 e. The van der Waals surface area contributed by atoms with Crippen LogP contribution >= 0.6 is 0 Å². The van der Waals surface area contributed by atoms with Crippen molar-refractivity contribution in [1.82, 2.24) is 15.2 Å². The van der Waals surface area contributed by atoms with Crippen molar-refractivity contribution in [2.75, 3.05) is 7.05 Å². The van der Waals surface area contributed by atoms with Gasteiger partial charge in [-0.15, -0.1) is 0 Å². The van der Waals surface area contributed by atoms with E-state index in [2.05, 4.69) is 17.4 Å². The number of pyridine rings is 1. The molecule has 1 N–H and O–H groups in total. The fraction of sp³-hybridized carbons (Fsp3) is 0.194. The summed E-state index contributed by atoms with van der Waals surface area (Å²) in [5.41, 5.74) is 6.14. The quantitative estimate of drug-likeness (QED) is 0.220. The van der Waals surface area contributed by atoms with Crippen LogP contribution in [-0.4, -0.2) is 28.7 Å². The van der Waals surface area contributed by atoms with Gasteiger partial charge in [-0.1, -0.05) is 97.1 Å². The van der Waals surface area contributed by atoms with Crippen molar-refractivity contribution in [1.29, 1.82) is 0 Å². The number of nitrogens with one attached hydrogen (secondary N) is 1. The second kappa shape index (κ2) is 11.8. The van der Waals surface area contributed by atoms with Crippen LogP contribution in [0.2, 0.25) is 0 Å². The van der Waals surface area contributed by atoms with Crippen LogP contribution in [-0.2, 0) is 17.8 Å². The maximum absolute atomic E-state index is 13.8. The first-order chi connectivity index (χ1) is 20.1. The topological polar surface area (TPSA) is 62.3 Å². The van der Waals surface area contributed by atoms with E-state index in [1.807, 2.05) is 110 Å². The lowest BCUT2D eigenvalue weighted by Gasteiger charge is -2.24. The van der Waals surface area contributed by atoms with Gasteiger partial charge < -0.3 is 10.2 Å². The number of hydrogen-bond acceptors (Lipinski definition) is 3. The van der Waals surface area contributed by atoms with Gasteiger partial charge in [0.2, 0.25) is 5.91 Å². The van der Waals surface area contributed by atoms with Crippen molar-refractivity contribution < 1.29 is 9.59 Å². The molecule has 1 fully saturated rings. The number of benzene rings is 4. The zero-order valence-electron chi connectivity index (χ0n) is 23.2. The molecule has 1 aliphatic rings. The number of hydrogen-bond donors (Lipinski definition) is 1. The van der Waals surface area contributed by atoms with Crippen molar-refractivity contribution in [3.63, 3.8) is 0 Å². The van der Waals surface area contributed by atoms with Gasteiger partial charge in [-0.25, -0.2) is 4.98 Å². The SMILES string of the molecule is CN(Cc1c(-c2ccccc2)nc2ccccc2c1CC(=O)N[C@H](c1ccccc1)C1CC1)C(=O)c1ccccc1. The number of amides is 2. The minimum absolute atomic E-state index is 0.00354. The lowest BCUT2D eigenvalue weighted by molar-refractivity contribution is -0.121. The molecule has 204 valence electrons. The molecule has 1 heterocycles. The molecule has 0 unspecified atom stereocenters. The van der Waals surface area contributed by atoms with Crippen LogP contribution in [0.25, 0.3) is 22.2 Å². The highest BCUT2D eigenvalue weighted by atomic mass is 16.2. The molecule has 0 bridgehead atoms. The summed E-state index contributed by atoms with van der Waals surface area (Å²) in [5.74, 6) is 0.356. The van der Waals surface area contributed by atoms with Gasteiger partial charge >= 0.3 is 0 Å². The van der Waals surface area contributed by atoms with Crippen LogP contribution < -0.4 is 5.32 Å². The first kappa shape index (κ1) is 26.5. The first-order valence-electron chi connectivity index (χ1n) is 14.2. The fourth-order valence-electron chi connectivity index (χ4n) is 5.59. The molecule has 4 aromatic carbocycles. The van der Waals surface area contributed by atoms with E-state index in [1.165, 1.54) is 0 Å². The van der Waals surface area contributed by atoms with Crippen LogP contribution in [0, 0.1) is 5.92 Å². The lowest BCUT2D eigenvalue weighted by Crippen LogP contribution is -2.32. The Bertz CT molecular complexity index is 1670. The minimum atomic E-state index is -0.0777. The normalized spacial score (nSPS) is 13.5. The predicted octanol–water partition coefficient (Wildman–Crippen LogP) is 6.98. The monoisotopic (exact) mass is 539 g/mol. The minimum Gasteiger partial charge on any atom is -0.349 e. The molecule has 1 atom stereocenters. The summed E-state index contributed by atoms with van der Waals surface area (Å²) in [6, 6.07) is 37.5. The van der Waals surface area contributed by atoms with E-state index < -0.39 is 0 Å². The molecule has 2 amide bonds. The molecule has 5 heteroatoms. The maximum atomic E-state index is 13.8. The van der Waals surface area contributed by atoms with Crippen LogP contribution in [0.4, 0.5) is 0 Å². The first-order valence-corrected chi connectivity index (χ1v) is 14.2. The van der Waals surface area contributed by atoms with Crippen molar-refractivity contribution in [3.05, 3.63) is 138 Å². The van der Waals surface area contributed by atoms with Crippen molar-refractivity contribution in [2.24, 2.45) is 5.92 Å². The Morgan fingerprint density at radius 1 is 0.805 bits per heavy atom. The Hall–Kier alpha value is -4.77. The third kappa shape index (κ3) is 5.90. The van der Waals surface area contributed by atoms with Crippen molar-refractivity contribution in [2.45, 2.75) is 31.8 Å². The molecule has 0 aliphatic heterocycles. The highest BCUT2D eigenvalue weighted by Crippen LogP contribution is 2.41. The summed E-state index contributed by atoms with van der Waals surface area (Å²) in [7, 11) is 1.81. The number of carbonyl (C=O) groups is 2. The number of carbonyl (C=O) groups excluding carboxylic acids is 2. The number of para-hydroxylation sites is 1. The molecular formula is C36H33N3O2. The van der Waals surface area contributed by atoms with Gasteiger partial charge in [0.1, 0.15) is 0 Å². The average molecular weight is 540 g/mol. The Kier molecular flexibility index (Phi) is 7.59. The molecule has 41 heavy (non-hydrogen) atoms. The molecular weight excluding hydrogens is 506 g/mol. The van der Waals surface area contributed by atoms with Gasteiger partial charge in [-0.3, -0.25) is 9.59 Å². The molecule has 0 spiro atoms. The third-order valence-electron chi connectivity index (χ3n) is 7.83. The van der Waals surface area contributed by atoms with E-state index in [4.69, 9.17) is 4.98 Å². The Labute approximate surface area is 240 Å². The number of fused-ring (bicyclic) bond motifs is 1. The third-order valence-corrected chi connectivity index (χ3v) is 7.83. The van der Waals surface area contributed by atoms with Gasteiger partial charge in [0.25, 0.3) is 5.91 Å². The number of nitrogens with zero attached hydrogens (tertiary/aromatic N) is 2. The highest BCUT2D eigenvalue weighted by Gasteiger charge is 2.33. The van der Waals surface area contributed by atoms with Crippen LogP contribution in [0.3, 0.4) is 0 Å². The molecule has 1 aromatic heterocycles. The Balaban J connectivity index is 1.41. The zero-order valence-corrected chi connectivity index (χ0v) is 23.2. The lowest BCUT2D eigenvalue weighted by atomic mass is 9.93. The van der Waals surface area contributed by atoms with Crippen LogP contribution in [0.15, 0.2) is 115 Å². The van der Waals surface area contributed by atoms with Crippen molar-refractivity contribution >= 4 is 22.7 Å². The number of rotatable bonds is 9. The summed E-state index contributed by atoms with van der Waals surface area (Å²) in [6.07, 6.45) is 2.43. The summed E-state index contributed by atoms with van der Waals surface area (Å²) in [5, 5.41) is 4.29. The number of aromatic nitrogens is 1. The molecule has 5 nitrogen and oxygen atoms in total. The summed E-state index contributed by atoms with van der Waals surface area (Å²) in [4.78, 5) is 34.0. The standard InChI is InChI=1S/C36H33N3O2/c1-39(36(41)28-17-9-4-10-18-28)24-31-30(23-33(40)38-34(27-21-22-27)25-13-5-2-6-14-25)29-19-11-12-20-32(29)37-35(31)26-15-7-3-8-16-26/h2-20,27,34H,21-24H2,1H3,(H,38,40)/t34-/m1/s1. The van der Waals surface area contributed by atoms with Crippen LogP contribution in [0.1, 0.15) is 45.9 Å². The molecule has 6 rings (SSSR count). The molecule has 1 saturated carbocycles. The second-order valence-corrected chi connectivity index (χ2v) is 10.8. The highest BCUT2D eigenvalue weighted by molar-refractivity contribution is 5.95. The zero-order chi connectivity index (χ0) is 28.2.